The van der Waals surface area contributed by atoms with E-state index in [4.69, 9.17) is 9.47 Å². The average Bonchev–Trinajstić information content (AvgIpc) is 2.74. The van der Waals surface area contributed by atoms with E-state index in [2.05, 4.69) is 5.32 Å². The predicted octanol–water partition coefficient (Wildman–Crippen LogP) is 3.22. The second-order valence-electron chi connectivity index (χ2n) is 5.42. The Morgan fingerprint density at radius 3 is 2.10 bits per heavy atom. The maximum atomic E-state index is 9.90. The maximum Gasteiger partial charge on any atom is 0.200 e. The van der Waals surface area contributed by atoms with Crippen molar-refractivity contribution in [2.45, 2.75) is 51.1 Å². The lowest BCUT2D eigenvalue weighted by Crippen LogP contribution is -2.27. The molecule has 0 unspecified atom stereocenters. The number of benzene rings is 1. The average molecular weight is 279 g/mol. The van der Waals surface area contributed by atoms with Gasteiger partial charge in [-0.15, -0.1) is 0 Å². The molecule has 1 aromatic rings. The van der Waals surface area contributed by atoms with Gasteiger partial charge >= 0.3 is 0 Å². The summed E-state index contributed by atoms with van der Waals surface area (Å²) in [6, 6.07) is 4.33. The molecule has 2 rings (SSSR count). The molecule has 0 spiro atoms. The van der Waals surface area contributed by atoms with Gasteiger partial charge in [0.15, 0.2) is 11.5 Å². The quantitative estimate of drug-likeness (QED) is 0.813. The van der Waals surface area contributed by atoms with Crippen LogP contribution in [0.3, 0.4) is 0 Å². The van der Waals surface area contributed by atoms with Crippen LogP contribution in [-0.4, -0.2) is 25.4 Å². The van der Waals surface area contributed by atoms with Crippen molar-refractivity contribution in [2.24, 2.45) is 0 Å². The van der Waals surface area contributed by atoms with E-state index in [9.17, 15) is 5.11 Å². The van der Waals surface area contributed by atoms with Crippen molar-refractivity contribution in [1.29, 1.82) is 0 Å². The Morgan fingerprint density at radius 2 is 1.60 bits per heavy atom. The highest BCUT2D eigenvalue weighted by Crippen LogP contribution is 2.37. The van der Waals surface area contributed by atoms with Crippen LogP contribution in [0.1, 0.15) is 44.1 Å². The number of hydrogen-bond donors (Lipinski definition) is 2. The van der Waals surface area contributed by atoms with E-state index >= 15 is 0 Å². The Labute approximate surface area is 121 Å². The van der Waals surface area contributed by atoms with Gasteiger partial charge in [0, 0.05) is 12.6 Å². The molecule has 0 saturated heterocycles. The maximum absolute atomic E-state index is 9.90. The fourth-order valence-electron chi connectivity index (χ4n) is 2.80. The largest absolute Gasteiger partial charge is 0.502 e. The number of ether oxygens (including phenoxy) is 2. The molecular formula is C16H25NO3. The summed E-state index contributed by atoms with van der Waals surface area (Å²) in [7, 11) is 3.11. The molecule has 0 aliphatic heterocycles. The van der Waals surface area contributed by atoms with Crippen LogP contribution >= 0.6 is 0 Å². The van der Waals surface area contributed by atoms with Gasteiger partial charge in [0.2, 0.25) is 5.75 Å². The lowest BCUT2D eigenvalue weighted by atomic mass is 10.1. The molecule has 20 heavy (non-hydrogen) atoms. The van der Waals surface area contributed by atoms with Crippen molar-refractivity contribution >= 4 is 0 Å². The Balaban J connectivity index is 2.01. The van der Waals surface area contributed by atoms with E-state index < -0.39 is 0 Å². The third kappa shape index (κ3) is 3.79. The zero-order valence-corrected chi connectivity index (χ0v) is 12.4. The molecule has 4 heteroatoms. The second-order valence-corrected chi connectivity index (χ2v) is 5.42. The first-order valence-electron chi connectivity index (χ1n) is 7.42. The summed E-state index contributed by atoms with van der Waals surface area (Å²) in [6.07, 6.45) is 7.87. The zero-order chi connectivity index (χ0) is 14.4. The molecule has 1 aliphatic carbocycles. The summed E-state index contributed by atoms with van der Waals surface area (Å²) < 4.78 is 10.4. The van der Waals surface area contributed by atoms with Gasteiger partial charge in [-0.2, -0.15) is 0 Å². The van der Waals surface area contributed by atoms with Crippen molar-refractivity contribution in [2.75, 3.05) is 14.2 Å². The third-order valence-electron chi connectivity index (χ3n) is 3.99. The van der Waals surface area contributed by atoms with Crippen LogP contribution in [0.15, 0.2) is 12.1 Å². The first kappa shape index (κ1) is 15.0. The monoisotopic (exact) mass is 279 g/mol. The van der Waals surface area contributed by atoms with E-state index in [1.165, 1.54) is 38.5 Å². The number of rotatable bonds is 5. The molecule has 4 nitrogen and oxygen atoms in total. The summed E-state index contributed by atoms with van der Waals surface area (Å²) in [6.45, 7) is 0.775. The van der Waals surface area contributed by atoms with E-state index in [1.807, 2.05) is 12.1 Å². The van der Waals surface area contributed by atoms with Crippen LogP contribution in [0.25, 0.3) is 0 Å². The topological polar surface area (TPSA) is 50.7 Å². The van der Waals surface area contributed by atoms with Gasteiger partial charge < -0.3 is 19.9 Å². The van der Waals surface area contributed by atoms with Gasteiger partial charge in [-0.3, -0.25) is 0 Å². The third-order valence-corrected chi connectivity index (χ3v) is 3.99. The van der Waals surface area contributed by atoms with Crippen molar-refractivity contribution in [3.05, 3.63) is 17.7 Å². The van der Waals surface area contributed by atoms with Crippen LogP contribution < -0.4 is 14.8 Å². The molecule has 1 fully saturated rings. The molecule has 1 aromatic carbocycles. The molecule has 0 heterocycles. The molecule has 2 N–H and O–H groups in total. The second kappa shape index (κ2) is 7.39. The number of phenolic OH excluding ortho intramolecular Hbond substituents is 1. The van der Waals surface area contributed by atoms with E-state index in [-0.39, 0.29) is 5.75 Å². The molecule has 0 radical (unpaired) electrons. The normalized spacial score (nSPS) is 16.7. The van der Waals surface area contributed by atoms with Gasteiger partial charge in [-0.25, -0.2) is 0 Å². The van der Waals surface area contributed by atoms with Crippen molar-refractivity contribution in [1.82, 2.24) is 5.32 Å². The fraction of sp³-hybridized carbons (Fsp3) is 0.625. The lowest BCUT2D eigenvalue weighted by Gasteiger charge is -2.17. The van der Waals surface area contributed by atoms with Crippen molar-refractivity contribution < 1.29 is 14.6 Å². The Morgan fingerprint density at radius 1 is 1.05 bits per heavy atom. The van der Waals surface area contributed by atoms with Crippen LogP contribution in [0.5, 0.6) is 17.2 Å². The minimum absolute atomic E-state index is 0.0632. The van der Waals surface area contributed by atoms with Gasteiger partial charge in [0.25, 0.3) is 0 Å². The van der Waals surface area contributed by atoms with Crippen LogP contribution in [0.4, 0.5) is 0 Å². The molecule has 0 amide bonds. The first-order chi connectivity index (χ1) is 9.74. The van der Waals surface area contributed by atoms with E-state index in [0.717, 1.165) is 12.1 Å². The van der Waals surface area contributed by atoms with Crippen LogP contribution in [0.2, 0.25) is 0 Å². The van der Waals surface area contributed by atoms with E-state index in [0.29, 0.717) is 17.5 Å². The Hall–Kier alpha value is -1.42. The highest BCUT2D eigenvalue weighted by atomic mass is 16.5. The van der Waals surface area contributed by atoms with Crippen LogP contribution in [-0.2, 0) is 6.54 Å². The summed E-state index contributed by atoms with van der Waals surface area (Å²) in [5, 5.41) is 13.5. The van der Waals surface area contributed by atoms with Gasteiger partial charge in [-0.05, 0) is 30.5 Å². The molecule has 1 saturated carbocycles. The minimum atomic E-state index is 0.0632. The van der Waals surface area contributed by atoms with Crippen molar-refractivity contribution in [3.8, 4) is 17.2 Å². The van der Waals surface area contributed by atoms with Gasteiger partial charge in [0.1, 0.15) is 0 Å². The Kier molecular flexibility index (Phi) is 5.53. The standard InChI is InChI=1S/C16H25NO3/c1-19-14-9-12(10-15(20-2)16(14)18)11-17-13-7-5-3-4-6-8-13/h9-10,13,17-18H,3-8,11H2,1-2H3. The summed E-state index contributed by atoms with van der Waals surface area (Å²) in [5.41, 5.74) is 1.07. The number of aromatic hydroxyl groups is 1. The number of phenols is 1. The van der Waals surface area contributed by atoms with Gasteiger partial charge in [0.05, 0.1) is 14.2 Å². The Bertz CT molecular complexity index is 401. The summed E-state index contributed by atoms with van der Waals surface area (Å²) >= 11 is 0. The molecule has 112 valence electrons. The smallest absolute Gasteiger partial charge is 0.200 e. The SMILES string of the molecule is COc1cc(CNC2CCCCCC2)cc(OC)c1O. The minimum Gasteiger partial charge on any atom is -0.502 e. The summed E-state index contributed by atoms with van der Waals surface area (Å²) in [4.78, 5) is 0. The number of hydrogen-bond acceptors (Lipinski definition) is 4. The molecule has 1 aliphatic rings. The fourth-order valence-corrected chi connectivity index (χ4v) is 2.80. The van der Waals surface area contributed by atoms with E-state index in [1.54, 1.807) is 14.2 Å². The van der Waals surface area contributed by atoms with Crippen molar-refractivity contribution in [3.63, 3.8) is 0 Å². The molecule has 0 bridgehead atoms. The lowest BCUT2D eigenvalue weighted by molar-refractivity contribution is 0.338. The number of methoxy groups -OCH3 is 2. The van der Waals surface area contributed by atoms with Crippen LogP contribution in [0, 0.1) is 0 Å². The first-order valence-corrected chi connectivity index (χ1v) is 7.42. The summed E-state index contributed by atoms with van der Waals surface area (Å²) in [5.74, 6) is 0.984. The highest BCUT2D eigenvalue weighted by molar-refractivity contribution is 5.52. The number of nitrogens with one attached hydrogen (secondary N) is 1. The predicted molar refractivity (Wildman–Crippen MR) is 79.5 cm³/mol. The molecular weight excluding hydrogens is 254 g/mol. The molecule has 0 aromatic heterocycles. The molecule has 0 atom stereocenters. The highest BCUT2D eigenvalue weighted by Gasteiger charge is 2.14. The zero-order valence-electron chi connectivity index (χ0n) is 12.4. The van der Waals surface area contributed by atoms with Gasteiger partial charge in [-0.1, -0.05) is 25.7 Å².